The number of aromatic nitrogens is 3. The van der Waals surface area contributed by atoms with Crippen LogP contribution in [-0.4, -0.2) is 63.2 Å². The van der Waals surface area contributed by atoms with Crippen molar-refractivity contribution in [2.24, 2.45) is 0 Å². The molecule has 8 nitrogen and oxygen atoms in total. The molecule has 3 aromatic heterocycles. The maximum absolute atomic E-state index is 6.10. The van der Waals surface area contributed by atoms with Gasteiger partial charge in [0.25, 0.3) is 0 Å². The molecule has 5 heterocycles. The fraction of sp³-hybridized carbons (Fsp3) is 0.625. The Labute approximate surface area is 208 Å². The van der Waals surface area contributed by atoms with Crippen LogP contribution in [0.15, 0.2) is 11.6 Å². The van der Waals surface area contributed by atoms with E-state index in [1.807, 2.05) is 11.6 Å². The molecule has 1 saturated heterocycles. The van der Waals surface area contributed by atoms with Crippen molar-refractivity contribution in [3.63, 3.8) is 0 Å². The summed E-state index contributed by atoms with van der Waals surface area (Å²) < 4.78 is 15.8. The summed E-state index contributed by atoms with van der Waals surface area (Å²) in [4.78, 5) is 14.8. The van der Waals surface area contributed by atoms with Gasteiger partial charge in [-0.2, -0.15) is 9.36 Å². The molecule has 0 aromatic carbocycles. The molecule has 0 radical (unpaired) electrons. The van der Waals surface area contributed by atoms with Crippen LogP contribution in [0.4, 0.5) is 17.5 Å². The zero-order valence-electron chi connectivity index (χ0n) is 19.8. The third-order valence-electron chi connectivity index (χ3n) is 7.22. The van der Waals surface area contributed by atoms with Gasteiger partial charge in [0.2, 0.25) is 5.95 Å². The average molecular weight is 501 g/mol. The Bertz CT molecular complexity index is 1130. The summed E-state index contributed by atoms with van der Waals surface area (Å²) >= 11 is 3.15. The molecule has 2 N–H and O–H groups in total. The fourth-order valence-corrected chi connectivity index (χ4v) is 6.99. The lowest BCUT2D eigenvalue weighted by Crippen LogP contribution is -2.46. The number of fused-ring (bicyclic) bond motifs is 3. The van der Waals surface area contributed by atoms with Crippen molar-refractivity contribution in [3.05, 3.63) is 22.0 Å². The molecule has 2 fully saturated rings. The molecule has 0 bridgehead atoms. The number of hydrogen-bond donors (Lipinski definition) is 2. The second kappa shape index (κ2) is 9.31. The monoisotopic (exact) mass is 500 g/mol. The summed E-state index contributed by atoms with van der Waals surface area (Å²) in [6.45, 7) is 8.86. The van der Waals surface area contributed by atoms with Crippen molar-refractivity contribution in [2.45, 2.75) is 70.2 Å². The Morgan fingerprint density at radius 3 is 2.71 bits per heavy atom. The highest BCUT2D eigenvalue weighted by Gasteiger charge is 2.32. The van der Waals surface area contributed by atoms with E-state index in [2.05, 4.69) is 33.8 Å². The molecule has 0 atom stereocenters. The van der Waals surface area contributed by atoms with Crippen LogP contribution < -0.4 is 10.6 Å². The maximum Gasteiger partial charge on any atom is 0.230 e. The van der Waals surface area contributed by atoms with E-state index in [1.54, 1.807) is 11.3 Å². The summed E-state index contributed by atoms with van der Waals surface area (Å²) in [5.41, 5.74) is 2.10. The minimum Gasteiger partial charge on any atom is -0.379 e. The topological polar surface area (TPSA) is 84.4 Å². The van der Waals surface area contributed by atoms with Gasteiger partial charge in [0.05, 0.1) is 42.7 Å². The van der Waals surface area contributed by atoms with E-state index >= 15 is 0 Å². The Morgan fingerprint density at radius 2 is 1.94 bits per heavy atom. The van der Waals surface area contributed by atoms with E-state index in [4.69, 9.17) is 19.4 Å². The van der Waals surface area contributed by atoms with E-state index in [0.29, 0.717) is 24.6 Å². The number of rotatable bonds is 5. The van der Waals surface area contributed by atoms with Gasteiger partial charge < -0.3 is 20.1 Å². The zero-order valence-corrected chi connectivity index (χ0v) is 21.4. The number of morpholine rings is 1. The average Bonchev–Trinajstić information content (AvgIpc) is 3.47. The summed E-state index contributed by atoms with van der Waals surface area (Å²) in [5, 5.41) is 10.3. The molecular formula is C24H32N6O2S2. The number of anilines is 3. The largest absolute Gasteiger partial charge is 0.379 e. The molecule has 1 aliphatic carbocycles. The van der Waals surface area contributed by atoms with Crippen LogP contribution in [0, 0.1) is 0 Å². The minimum atomic E-state index is -0.173. The molecule has 3 aromatic rings. The Hall–Kier alpha value is -1.85. The third-order valence-corrected chi connectivity index (χ3v) is 8.90. The molecule has 0 spiro atoms. The highest BCUT2D eigenvalue weighted by Crippen LogP contribution is 2.42. The Kier molecular flexibility index (Phi) is 6.19. The normalized spacial score (nSPS) is 25.2. The van der Waals surface area contributed by atoms with Crippen LogP contribution in [-0.2, 0) is 22.5 Å². The number of thiophene rings is 1. The standard InChI is InChI=1S/C24H32N6O2S2/c1-24(2)11-18-19(13-32-24)34-22-20(18)21(28-23(29-22)27-16-12-25-33-14-16)26-15-3-5-17(6-4-15)30-7-9-31-10-8-30/h12,14-15,17H,3-11,13H2,1-2H3,(H2,26,27,28,29)/t15-,17-. The van der Waals surface area contributed by atoms with Gasteiger partial charge in [-0.1, -0.05) is 0 Å². The van der Waals surface area contributed by atoms with E-state index in [-0.39, 0.29) is 5.60 Å². The van der Waals surface area contributed by atoms with E-state index in [0.717, 1.165) is 61.9 Å². The van der Waals surface area contributed by atoms with Crippen molar-refractivity contribution in [1.82, 2.24) is 19.2 Å². The number of hydrogen-bond acceptors (Lipinski definition) is 10. The zero-order chi connectivity index (χ0) is 23.1. The van der Waals surface area contributed by atoms with Gasteiger partial charge in [0.15, 0.2) is 0 Å². The molecule has 10 heteroatoms. The summed E-state index contributed by atoms with van der Waals surface area (Å²) in [5.74, 6) is 1.58. The highest BCUT2D eigenvalue weighted by atomic mass is 32.1. The predicted octanol–water partition coefficient (Wildman–Crippen LogP) is 4.80. The molecule has 182 valence electrons. The van der Waals surface area contributed by atoms with Gasteiger partial charge in [-0.05, 0) is 56.6 Å². The molecular weight excluding hydrogens is 468 g/mol. The summed E-state index contributed by atoms with van der Waals surface area (Å²) in [6.07, 6.45) is 7.46. The lowest BCUT2D eigenvalue weighted by atomic mass is 9.89. The lowest BCUT2D eigenvalue weighted by molar-refractivity contribution is -0.0379. The first kappa shape index (κ1) is 22.6. The highest BCUT2D eigenvalue weighted by molar-refractivity contribution is 7.19. The maximum atomic E-state index is 6.10. The number of nitrogens with one attached hydrogen (secondary N) is 2. The molecule has 0 amide bonds. The quantitative estimate of drug-likeness (QED) is 0.517. The first-order valence-corrected chi connectivity index (χ1v) is 13.9. The second-order valence-corrected chi connectivity index (χ2v) is 11.9. The van der Waals surface area contributed by atoms with Crippen LogP contribution in [0.5, 0.6) is 0 Å². The van der Waals surface area contributed by atoms with E-state index in [1.165, 1.54) is 40.2 Å². The Balaban J connectivity index is 1.27. The molecule has 34 heavy (non-hydrogen) atoms. The molecule has 1 saturated carbocycles. The van der Waals surface area contributed by atoms with Crippen molar-refractivity contribution in [2.75, 3.05) is 36.9 Å². The molecule has 0 unspecified atom stereocenters. The summed E-state index contributed by atoms with van der Waals surface area (Å²) in [7, 11) is 0. The first-order chi connectivity index (χ1) is 16.5. The van der Waals surface area contributed by atoms with Gasteiger partial charge in [-0.25, -0.2) is 4.98 Å². The Morgan fingerprint density at radius 1 is 1.12 bits per heavy atom. The van der Waals surface area contributed by atoms with Crippen LogP contribution in [0.2, 0.25) is 0 Å². The predicted molar refractivity (Wildman–Crippen MR) is 137 cm³/mol. The lowest BCUT2D eigenvalue weighted by Gasteiger charge is -2.39. The molecule has 3 aliphatic rings. The second-order valence-electron chi connectivity index (χ2n) is 10.1. The van der Waals surface area contributed by atoms with Gasteiger partial charge in [-0.3, -0.25) is 4.90 Å². The van der Waals surface area contributed by atoms with Gasteiger partial charge in [-0.15, -0.1) is 11.3 Å². The third kappa shape index (κ3) is 4.66. The fourth-order valence-electron chi connectivity index (χ4n) is 5.42. The molecule has 6 rings (SSSR count). The molecule has 2 aliphatic heterocycles. The van der Waals surface area contributed by atoms with Crippen molar-refractivity contribution < 1.29 is 9.47 Å². The van der Waals surface area contributed by atoms with Crippen LogP contribution in [0.25, 0.3) is 10.2 Å². The van der Waals surface area contributed by atoms with Crippen LogP contribution >= 0.6 is 22.9 Å². The number of ether oxygens (including phenoxy) is 2. The van der Waals surface area contributed by atoms with Crippen LogP contribution in [0.1, 0.15) is 50.0 Å². The van der Waals surface area contributed by atoms with Gasteiger partial charge in [0, 0.05) is 41.9 Å². The number of nitrogens with zero attached hydrogens (tertiary/aromatic N) is 4. The van der Waals surface area contributed by atoms with Crippen LogP contribution in [0.3, 0.4) is 0 Å². The minimum absolute atomic E-state index is 0.173. The van der Waals surface area contributed by atoms with Crippen molar-refractivity contribution in [1.29, 1.82) is 0 Å². The van der Waals surface area contributed by atoms with E-state index in [9.17, 15) is 0 Å². The summed E-state index contributed by atoms with van der Waals surface area (Å²) in [6, 6.07) is 1.11. The van der Waals surface area contributed by atoms with Crippen molar-refractivity contribution >= 4 is 50.5 Å². The first-order valence-electron chi connectivity index (χ1n) is 12.2. The van der Waals surface area contributed by atoms with Crippen molar-refractivity contribution in [3.8, 4) is 0 Å². The van der Waals surface area contributed by atoms with Gasteiger partial charge >= 0.3 is 0 Å². The SMILES string of the molecule is CC1(C)Cc2c(sc3nc(Nc4cnsc4)nc(N[C@H]4CC[C@H](N5CCOCC5)CC4)c23)CO1. The van der Waals surface area contributed by atoms with E-state index < -0.39 is 0 Å². The smallest absolute Gasteiger partial charge is 0.230 e. The van der Waals surface area contributed by atoms with Gasteiger partial charge in [0.1, 0.15) is 10.6 Å².